The molecule has 1 aliphatic heterocycles. The van der Waals surface area contributed by atoms with Crippen LogP contribution in [-0.4, -0.2) is 47.7 Å². The lowest BCUT2D eigenvalue weighted by atomic mass is 10.0. The van der Waals surface area contributed by atoms with Gasteiger partial charge in [-0.2, -0.15) is 0 Å². The first kappa shape index (κ1) is 18.5. The molecule has 1 aromatic rings. The Hall–Kier alpha value is -1.30. The first-order valence-electron chi connectivity index (χ1n) is 8.52. The fraction of sp³-hybridized carbons (Fsp3) is 0.556. The average molecular weight is 386 g/mol. The molecule has 1 N–H and O–H groups in total. The summed E-state index contributed by atoms with van der Waals surface area (Å²) in [7, 11) is 0. The lowest BCUT2D eigenvalue weighted by molar-refractivity contribution is -0.141. The highest BCUT2D eigenvalue weighted by Crippen LogP contribution is 2.51. The molecule has 1 heterocycles. The van der Waals surface area contributed by atoms with Crippen LogP contribution in [0.25, 0.3) is 0 Å². The number of aliphatic carboxylic acids is 1. The molecule has 1 saturated carbocycles. The average Bonchev–Trinajstić information content (AvgIpc) is 3.36. The van der Waals surface area contributed by atoms with E-state index < -0.39 is 5.97 Å². The third kappa shape index (κ3) is 4.46. The molecule has 5 nitrogen and oxygen atoms in total. The molecule has 1 amide bonds. The number of amides is 1. The maximum Gasteiger partial charge on any atom is 0.305 e. The summed E-state index contributed by atoms with van der Waals surface area (Å²) in [6.07, 6.45) is 2.21. The number of halogens is 2. The van der Waals surface area contributed by atoms with Gasteiger partial charge in [-0.15, -0.1) is 0 Å². The van der Waals surface area contributed by atoms with E-state index in [2.05, 4.69) is 0 Å². The van der Waals surface area contributed by atoms with E-state index in [1.165, 1.54) is 0 Å². The van der Waals surface area contributed by atoms with Crippen LogP contribution in [0.3, 0.4) is 0 Å². The van der Waals surface area contributed by atoms with Gasteiger partial charge in [0.15, 0.2) is 0 Å². The molecule has 1 aromatic carbocycles. The van der Waals surface area contributed by atoms with Gasteiger partial charge in [-0.05, 0) is 42.9 Å². The number of ether oxygens (including phenoxy) is 1. The zero-order valence-electron chi connectivity index (χ0n) is 13.8. The fourth-order valence-electron chi connectivity index (χ4n) is 3.51. The van der Waals surface area contributed by atoms with Gasteiger partial charge in [-0.25, -0.2) is 0 Å². The molecule has 25 heavy (non-hydrogen) atoms. The van der Waals surface area contributed by atoms with Crippen molar-refractivity contribution < 1.29 is 19.4 Å². The minimum atomic E-state index is -0.891. The van der Waals surface area contributed by atoms with Crippen LogP contribution in [0, 0.1) is 5.92 Å². The van der Waals surface area contributed by atoms with Crippen LogP contribution in [0.4, 0.5) is 0 Å². The summed E-state index contributed by atoms with van der Waals surface area (Å²) >= 11 is 12.2. The van der Waals surface area contributed by atoms with Crippen molar-refractivity contribution in [3.8, 4) is 0 Å². The Morgan fingerprint density at radius 3 is 2.60 bits per heavy atom. The molecule has 1 saturated heterocycles. The van der Waals surface area contributed by atoms with E-state index in [1.54, 1.807) is 17.0 Å². The van der Waals surface area contributed by atoms with E-state index in [4.69, 9.17) is 33.0 Å². The highest BCUT2D eigenvalue weighted by molar-refractivity contribution is 6.35. The van der Waals surface area contributed by atoms with Crippen molar-refractivity contribution in [1.82, 2.24) is 4.90 Å². The standard InChI is InChI=1S/C18H21Cl2NO4/c19-11-1-2-13(16(20)9-11)14-10-15(14)18(24)21(6-3-17(22)23)12-4-7-25-8-5-12/h1-2,9,12,14-15H,3-8,10H2,(H,22,23). The van der Waals surface area contributed by atoms with Gasteiger partial charge in [0.2, 0.25) is 5.91 Å². The maximum absolute atomic E-state index is 13.0. The van der Waals surface area contributed by atoms with Gasteiger partial charge in [-0.1, -0.05) is 29.3 Å². The fourth-order valence-corrected chi connectivity index (χ4v) is 4.06. The highest BCUT2D eigenvalue weighted by atomic mass is 35.5. The zero-order chi connectivity index (χ0) is 18.0. The molecule has 2 fully saturated rings. The number of carbonyl (C=O) groups excluding carboxylic acids is 1. The summed E-state index contributed by atoms with van der Waals surface area (Å²) in [5.74, 6) is -0.901. The van der Waals surface area contributed by atoms with Crippen LogP contribution in [0.5, 0.6) is 0 Å². The van der Waals surface area contributed by atoms with Crippen LogP contribution in [-0.2, 0) is 14.3 Å². The third-order valence-corrected chi connectivity index (χ3v) is 5.51. The Morgan fingerprint density at radius 1 is 1.24 bits per heavy atom. The van der Waals surface area contributed by atoms with E-state index in [1.807, 2.05) is 6.07 Å². The minimum absolute atomic E-state index is 0.0316. The first-order valence-corrected chi connectivity index (χ1v) is 9.28. The van der Waals surface area contributed by atoms with E-state index in [0.29, 0.717) is 23.3 Å². The minimum Gasteiger partial charge on any atom is -0.481 e. The topological polar surface area (TPSA) is 66.8 Å². The van der Waals surface area contributed by atoms with E-state index in [9.17, 15) is 9.59 Å². The quantitative estimate of drug-likeness (QED) is 0.812. The molecule has 0 aromatic heterocycles. The second kappa shape index (κ2) is 7.94. The van der Waals surface area contributed by atoms with Gasteiger partial charge in [0.25, 0.3) is 0 Å². The smallest absolute Gasteiger partial charge is 0.305 e. The van der Waals surface area contributed by atoms with Gasteiger partial charge >= 0.3 is 5.97 Å². The SMILES string of the molecule is O=C(O)CCN(C(=O)C1CC1c1ccc(Cl)cc1Cl)C1CCOCC1. The molecule has 0 radical (unpaired) electrons. The number of carbonyl (C=O) groups is 2. The summed E-state index contributed by atoms with van der Waals surface area (Å²) < 4.78 is 5.36. The number of rotatable bonds is 6. The lowest BCUT2D eigenvalue weighted by Crippen LogP contribution is -2.45. The van der Waals surface area contributed by atoms with Crippen LogP contribution in [0.2, 0.25) is 10.0 Å². The summed E-state index contributed by atoms with van der Waals surface area (Å²) in [4.78, 5) is 25.7. The summed E-state index contributed by atoms with van der Waals surface area (Å²) in [5.41, 5.74) is 0.939. The second-order valence-electron chi connectivity index (χ2n) is 6.63. The Kier molecular flexibility index (Phi) is 5.87. The van der Waals surface area contributed by atoms with Crippen LogP contribution in [0.1, 0.15) is 37.2 Å². The molecule has 2 atom stereocenters. The molecular formula is C18H21Cl2NO4. The summed E-state index contributed by atoms with van der Waals surface area (Å²) in [5, 5.41) is 10.1. The zero-order valence-corrected chi connectivity index (χ0v) is 15.3. The van der Waals surface area contributed by atoms with E-state index in [-0.39, 0.29) is 36.8 Å². The molecule has 7 heteroatoms. The largest absolute Gasteiger partial charge is 0.481 e. The van der Waals surface area contributed by atoms with E-state index >= 15 is 0 Å². The second-order valence-corrected chi connectivity index (χ2v) is 7.48. The Labute approximate surface area is 156 Å². The Balaban J connectivity index is 1.70. The summed E-state index contributed by atoms with van der Waals surface area (Å²) in [6, 6.07) is 5.41. The van der Waals surface area contributed by atoms with Crippen molar-refractivity contribution in [2.45, 2.75) is 37.6 Å². The number of nitrogens with zero attached hydrogens (tertiary/aromatic N) is 1. The van der Waals surface area contributed by atoms with Gasteiger partial charge in [-0.3, -0.25) is 9.59 Å². The van der Waals surface area contributed by atoms with Crippen molar-refractivity contribution in [2.24, 2.45) is 5.92 Å². The molecule has 0 bridgehead atoms. The number of hydrogen-bond acceptors (Lipinski definition) is 3. The van der Waals surface area contributed by atoms with Crippen LogP contribution < -0.4 is 0 Å². The van der Waals surface area contributed by atoms with Crippen molar-refractivity contribution >= 4 is 35.1 Å². The number of carboxylic acids is 1. The Bertz CT molecular complexity index is 660. The van der Waals surface area contributed by atoms with Gasteiger partial charge < -0.3 is 14.7 Å². The molecule has 2 unspecified atom stereocenters. The molecule has 0 spiro atoms. The molecule has 3 rings (SSSR count). The predicted molar refractivity (Wildman–Crippen MR) is 95.1 cm³/mol. The van der Waals surface area contributed by atoms with Gasteiger partial charge in [0.1, 0.15) is 0 Å². The molecule has 1 aliphatic carbocycles. The molecule has 2 aliphatic rings. The van der Waals surface area contributed by atoms with Crippen molar-refractivity contribution in [3.05, 3.63) is 33.8 Å². The van der Waals surface area contributed by atoms with Crippen molar-refractivity contribution in [2.75, 3.05) is 19.8 Å². The predicted octanol–water partition coefficient (Wildman–Crippen LogP) is 3.58. The maximum atomic E-state index is 13.0. The monoisotopic (exact) mass is 385 g/mol. The van der Waals surface area contributed by atoms with Crippen molar-refractivity contribution in [1.29, 1.82) is 0 Å². The van der Waals surface area contributed by atoms with Gasteiger partial charge in [0.05, 0.1) is 6.42 Å². The normalized spacial score (nSPS) is 23.3. The number of benzene rings is 1. The first-order chi connectivity index (χ1) is 12.0. The summed E-state index contributed by atoms with van der Waals surface area (Å²) in [6.45, 7) is 1.47. The molecular weight excluding hydrogens is 365 g/mol. The van der Waals surface area contributed by atoms with E-state index in [0.717, 1.165) is 24.8 Å². The Morgan fingerprint density at radius 2 is 1.96 bits per heavy atom. The number of hydrogen-bond donors (Lipinski definition) is 1. The number of carboxylic acid groups (broad SMARTS) is 1. The van der Waals surface area contributed by atoms with Crippen molar-refractivity contribution in [3.63, 3.8) is 0 Å². The highest BCUT2D eigenvalue weighted by Gasteiger charge is 2.47. The lowest BCUT2D eigenvalue weighted by Gasteiger charge is -2.34. The van der Waals surface area contributed by atoms with Crippen LogP contribution >= 0.6 is 23.2 Å². The van der Waals surface area contributed by atoms with Crippen LogP contribution in [0.15, 0.2) is 18.2 Å². The third-order valence-electron chi connectivity index (χ3n) is 4.95. The van der Waals surface area contributed by atoms with Gasteiger partial charge in [0, 0.05) is 41.8 Å². The molecule has 136 valence electrons.